The Morgan fingerprint density at radius 2 is 2.17 bits per heavy atom. The van der Waals surface area contributed by atoms with Crippen molar-refractivity contribution in [2.45, 2.75) is 18.8 Å². The molecule has 0 aromatic carbocycles. The number of anilines is 1. The van der Waals surface area contributed by atoms with Crippen LogP contribution in [-0.4, -0.2) is 55.1 Å². The van der Waals surface area contributed by atoms with Gasteiger partial charge < -0.3 is 15.5 Å². The number of likely N-dealkylation sites (tertiary alicyclic amines) is 1. The van der Waals surface area contributed by atoms with Crippen LogP contribution in [0.2, 0.25) is 0 Å². The molecule has 2 heterocycles. The lowest BCUT2D eigenvalue weighted by molar-refractivity contribution is 0.411. The van der Waals surface area contributed by atoms with Gasteiger partial charge in [-0.2, -0.15) is 0 Å². The van der Waals surface area contributed by atoms with Crippen molar-refractivity contribution in [3.8, 4) is 0 Å². The third kappa shape index (κ3) is 3.17. The minimum Gasteiger partial charge on any atom is -0.344 e. The van der Waals surface area contributed by atoms with E-state index in [1.54, 1.807) is 0 Å². The van der Waals surface area contributed by atoms with Crippen LogP contribution in [0, 0.1) is 0 Å². The van der Waals surface area contributed by atoms with E-state index in [1.165, 1.54) is 18.5 Å². The summed E-state index contributed by atoms with van der Waals surface area (Å²) in [6, 6.07) is 0. The minimum absolute atomic E-state index is 0.596. The van der Waals surface area contributed by atoms with Crippen LogP contribution < -0.4 is 10.6 Å². The number of hydrogen-bond donors (Lipinski definition) is 1. The third-order valence-electron chi connectivity index (χ3n) is 3.56. The Kier molecular flexibility index (Phi) is 4.49. The summed E-state index contributed by atoms with van der Waals surface area (Å²) in [4.78, 5) is 13.3. The molecule has 2 N–H and O–H groups in total. The van der Waals surface area contributed by atoms with Gasteiger partial charge in [-0.15, -0.1) is 0 Å². The van der Waals surface area contributed by atoms with Crippen molar-refractivity contribution in [1.82, 2.24) is 14.9 Å². The van der Waals surface area contributed by atoms with E-state index in [1.807, 2.05) is 19.4 Å². The molecule has 1 aromatic heterocycles. The lowest BCUT2D eigenvalue weighted by Gasteiger charge is -2.17. The molecule has 18 heavy (non-hydrogen) atoms. The fourth-order valence-corrected chi connectivity index (χ4v) is 2.37. The Hall–Kier alpha value is -1.20. The summed E-state index contributed by atoms with van der Waals surface area (Å²) in [6.07, 6.45) is 6.13. The maximum atomic E-state index is 5.50. The van der Waals surface area contributed by atoms with E-state index >= 15 is 0 Å². The third-order valence-corrected chi connectivity index (χ3v) is 3.56. The molecule has 1 fully saturated rings. The first-order valence-electron chi connectivity index (χ1n) is 6.62. The summed E-state index contributed by atoms with van der Waals surface area (Å²) >= 11 is 0. The van der Waals surface area contributed by atoms with Crippen molar-refractivity contribution in [1.29, 1.82) is 0 Å². The minimum atomic E-state index is 0.596. The van der Waals surface area contributed by atoms with E-state index in [2.05, 4.69) is 26.8 Å². The van der Waals surface area contributed by atoms with Crippen molar-refractivity contribution in [2.75, 3.05) is 45.2 Å². The lowest BCUT2D eigenvalue weighted by atomic mass is 10.0. The van der Waals surface area contributed by atoms with E-state index in [-0.39, 0.29) is 0 Å². The smallest absolute Gasteiger partial charge is 0.224 e. The molecule has 0 bridgehead atoms. The number of nitrogens with zero attached hydrogens (tertiary/aromatic N) is 4. The largest absolute Gasteiger partial charge is 0.344 e. The first kappa shape index (κ1) is 13.2. The van der Waals surface area contributed by atoms with Crippen molar-refractivity contribution in [3.05, 3.63) is 18.0 Å². The highest BCUT2D eigenvalue weighted by Gasteiger charge is 2.21. The lowest BCUT2D eigenvalue weighted by Crippen LogP contribution is -2.23. The van der Waals surface area contributed by atoms with Crippen molar-refractivity contribution in [3.63, 3.8) is 0 Å². The second kappa shape index (κ2) is 6.11. The molecule has 1 atom stereocenters. The standard InChI is InChI=1S/C13H23N5/c1-17-7-4-11(10-17)12-8-15-13(16-9-12)18(2)6-3-5-14/h8-9,11H,3-7,10,14H2,1-2H3. The highest BCUT2D eigenvalue weighted by Crippen LogP contribution is 2.25. The Morgan fingerprint density at radius 1 is 1.44 bits per heavy atom. The molecule has 1 aromatic rings. The molecule has 0 radical (unpaired) electrons. The molecular weight excluding hydrogens is 226 g/mol. The average molecular weight is 249 g/mol. The van der Waals surface area contributed by atoms with Crippen LogP contribution in [0.5, 0.6) is 0 Å². The van der Waals surface area contributed by atoms with Gasteiger partial charge in [0.05, 0.1) is 0 Å². The number of nitrogens with two attached hydrogens (primary N) is 1. The second-order valence-corrected chi connectivity index (χ2v) is 5.13. The Morgan fingerprint density at radius 3 is 2.72 bits per heavy atom. The van der Waals surface area contributed by atoms with Gasteiger partial charge >= 0.3 is 0 Å². The number of rotatable bonds is 5. The van der Waals surface area contributed by atoms with E-state index in [0.717, 1.165) is 25.5 Å². The first-order valence-corrected chi connectivity index (χ1v) is 6.62. The van der Waals surface area contributed by atoms with Crippen molar-refractivity contribution in [2.24, 2.45) is 5.73 Å². The molecule has 100 valence electrons. The molecule has 0 spiro atoms. The van der Waals surface area contributed by atoms with Crippen LogP contribution in [0.1, 0.15) is 24.3 Å². The SMILES string of the molecule is CN1CCC(c2cnc(N(C)CCCN)nc2)C1. The Bertz CT molecular complexity index is 364. The molecule has 0 aliphatic carbocycles. The Labute approximate surface area is 109 Å². The highest BCUT2D eigenvalue weighted by atomic mass is 15.2. The summed E-state index contributed by atoms with van der Waals surface area (Å²) in [7, 11) is 4.17. The van der Waals surface area contributed by atoms with Crippen LogP contribution in [0.25, 0.3) is 0 Å². The summed E-state index contributed by atoms with van der Waals surface area (Å²) in [5.74, 6) is 1.39. The molecule has 0 amide bonds. The number of aromatic nitrogens is 2. The monoisotopic (exact) mass is 249 g/mol. The summed E-state index contributed by atoms with van der Waals surface area (Å²) in [6.45, 7) is 3.90. The molecule has 1 saturated heterocycles. The van der Waals surface area contributed by atoms with Crippen LogP contribution in [0.4, 0.5) is 5.95 Å². The van der Waals surface area contributed by atoms with Gasteiger partial charge in [0, 0.05) is 38.4 Å². The highest BCUT2D eigenvalue weighted by molar-refractivity contribution is 5.29. The van der Waals surface area contributed by atoms with Gasteiger partial charge in [0.2, 0.25) is 5.95 Å². The molecule has 5 nitrogen and oxygen atoms in total. The number of likely N-dealkylation sites (N-methyl/N-ethyl adjacent to an activating group) is 1. The fourth-order valence-electron chi connectivity index (χ4n) is 2.37. The van der Waals surface area contributed by atoms with Crippen LogP contribution in [0.3, 0.4) is 0 Å². The number of hydrogen-bond acceptors (Lipinski definition) is 5. The van der Waals surface area contributed by atoms with Crippen molar-refractivity contribution >= 4 is 5.95 Å². The summed E-state index contributed by atoms with van der Waals surface area (Å²) in [5.41, 5.74) is 6.76. The fraction of sp³-hybridized carbons (Fsp3) is 0.692. The van der Waals surface area contributed by atoms with Crippen molar-refractivity contribution < 1.29 is 0 Å². The maximum absolute atomic E-state index is 5.50. The zero-order valence-electron chi connectivity index (χ0n) is 11.3. The van der Waals surface area contributed by atoms with Gasteiger partial charge in [0.15, 0.2) is 0 Å². The average Bonchev–Trinajstić information content (AvgIpc) is 2.83. The predicted octanol–water partition coefficient (Wildman–Crippen LogP) is 0.681. The molecule has 5 heteroatoms. The topological polar surface area (TPSA) is 58.3 Å². The van der Waals surface area contributed by atoms with E-state index in [0.29, 0.717) is 12.5 Å². The zero-order chi connectivity index (χ0) is 13.0. The van der Waals surface area contributed by atoms with Gasteiger partial charge in [-0.25, -0.2) is 9.97 Å². The summed E-state index contributed by atoms with van der Waals surface area (Å²) in [5, 5.41) is 0. The molecule has 1 unspecified atom stereocenters. The Balaban J connectivity index is 1.96. The molecule has 1 aliphatic heterocycles. The van der Waals surface area contributed by atoms with Gasteiger partial charge in [-0.1, -0.05) is 0 Å². The molecule has 0 saturated carbocycles. The van der Waals surface area contributed by atoms with Gasteiger partial charge in [0.25, 0.3) is 0 Å². The van der Waals surface area contributed by atoms with Crippen LogP contribution >= 0.6 is 0 Å². The van der Waals surface area contributed by atoms with Crippen LogP contribution in [0.15, 0.2) is 12.4 Å². The molecule has 1 aliphatic rings. The quantitative estimate of drug-likeness (QED) is 0.831. The zero-order valence-corrected chi connectivity index (χ0v) is 11.3. The molecular formula is C13H23N5. The van der Waals surface area contributed by atoms with Gasteiger partial charge in [0.1, 0.15) is 0 Å². The second-order valence-electron chi connectivity index (χ2n) is 5.13. The first-order chi connectivity index (χ1) is 8.70. The van der Waals surface area contributed by atoms with Gasteiger partial charge in [-0.05, 0) is 38.5 Å². The van der Waals surface area contributed by atoms with E-state index in [9.17, 15) is 0 Å². The summed E-state index contributed by atoms with van der Waals surface area (Å²) < 4.78 is 0. The van der Waals surface area contributed by atoms with Gasteiger partial charge in [-0.3, -0.25) is 0 Å². The normalized spacial score (nSPS) is 20.3. The maximum Gasteiger partial charge on any atom is 0.224 e. The van der Waals surface area contributed by atoms with Crippen LogP contribution in [-0.2, 0) is 0 Å². The van der Waals surface area contributed by atoms with E-state index < -0.39 is 0 Å². The van der Waals surface area contributed by atoms with E-state index in [4.69, 9.17) is 5.73 Å². The molecule has 2 rings (SSSR count). The predicted molar refractivity (Wildman–Crippen MR) is 73.8 cm³/mol.